The van der Waals surface area contributed by atoms with Crippen LogP contribution in [0, 0.1) is 0 Å². The van der Waals surface area contributed by atoms with Gasteiger partial charge in [-0.2, -0.15) is 0 Å². The molecule has 4 heterocycles. The minimum atomic E-state index is -0.587. The molecule has 0 unspecified atom stereocenters. The number of carbonyl (C=O) groups is 2. The second kappa shape index (κ2) is 10.4. The molecule has 1 aliphatic rings. The van der Waals surface area contributed by atoms with Crippen molar-refractivity contribution in [3.8, 4) is 5.88 Å². The molecular weight excluding hydrogens is 462 g/mol. The van der Waals surface area contributed by atoms with Gasteiger partial charge in [0.2, 0.25) is 17.4 Å². The van der Waals surface area contributed by atoms with Crippen LogP contribution in [0.1, 0.15) is 49.2 Å². The molecule has 1 amide bonds. The lowest BCUT2D eigenvalue weighted by Crippen LogP contribution is -2.46. The van der Waals surface area contributed by atoms with Gasteiger partial charge in [-0.15, -0.1) is 0 Å². The van der Waals surface area contributed by atoms with Gasteiger partial charge in [0.25, 0.3) is 0 Å². The van der Waals surface area contributed by atoms with Gasteiger partial charge >= 0.3 is 6.09 Å². The maximum atomic E-state index is 13.6. The van der Waals surface area contributed by atoms with Crippen molar-refractivity contribution in [1.82, 2.24) is 9.97 Å². The van der Waals surface area contributed by atoms with Crippen molar-refractivity contribution in [3.05, 3.63) is 46.9 Å². The number of halogens is 1. The summed E-state index contributed by atoms with van der Waals surface area (Å²) in [6.45, 7) is 4.41. The number of ether oxygens (including phenoxy) is 3. The van der Waals surface area contributed by atoms with Crippen LogP contribution in [0.3, 0.4) is 0 Å². The summed E-state index contributed by atoms with van der Waals surface area (Å²) in [6.07, 6.45) is 2.74. The Morgan fingerprint density at radius 1 is 1.24 bits per heavy atom. The van der Waals surface area contributed by atoms with Gasteiger partial charge in [-0.3, -0.25) is 9.69 Å². The molecular formula is C24H26ClN3O6. The number of nitrogens with zero attached hydrogens (tertiary/aromatic N) is 3. The summed E-state index contributed by atoms with van der Waals surface area (Å²) in [6, 6.07) is 6.08. The SMILES string of the molecule is CCOC(=O)N(c1c(C(=O)c2ccc(OC)nc2)oc2ccc(Cl)nc12)[C@H]1CCO[C@@H](CC)C1. The number of carbonyl (C=O) groups excluding carboxylic acids is 2. The smallest absolute Gasteiger partial charge is 0.414 e. The van der Waals surface area contributed by atoms with Crippen LogP contribution < -0.4 is 9.64 Å². The maximum Gasteiger partial charge on any atom is 0.414 e. The number of anilines is 1. The fourth-order valence-corrected chi connectivity index (χ4v) is 4.23. The first-order valence-corrected chi connectivity index (χ1v) is 11.6. The number of methoxy groups -OCH3 is 1. The molecule has 0 spiro atoms. The standard InChI is InChI=1S/C24H26ClN3O6/c1-4-16-12-15(10-11-33-16)28(24(30)32-5-2)21-20-17(7-8-18(25)27-20)34-23(21)22(29)14-6-9-19(31-3)26-13-14/h6-9,13,15-16H,4-5,10-12H2,1-3H3/t15-,16-/m0/s1. The molecule has 1 fully saturated rings. The topological polar surface area (TPSA) is 104 Å². The highest BCUT2D eigenvalue weighted by Gasteiger charge is 2.38. The van der Waals surface area contributed by atoms with Gasteiger partial charge in [0.15, 0.2) is 5.58 Å². The van der Waals surface area contributed by atoms with Crippen molar-refractivity contribution in [2.75, 3.05) is 25.2 Å². The van der Waals surface area contributed by atoms with E-state index in [-0.39, 0.29) is 40.9 Å². The van der Waals surface area contributed by atoms with E-state index in [9.17, 15) is 9.59 Å². The van der Waals surface area contributed by atoms with E-state index < -0.39 is 11.9 Å². The largest absolute Gasteiger partial charge is 0.481 e. The molecule has 3 aromatic heterocycles. The van der Waals surface area contributed by atoms with E-state index in [0.29, 0.717) is 36.4 Å². The van der Waals surface area contributed by atoms with Gasteiger partial charge < -0.3 is 18.6 Å². The molecule has 0 radical (unpaired) electrons. The van der Waals surface area contributed by atoms with Gasteiger partial charge in [-0.1, -0.05) is 18.5 Å². The minimum Gasteiger partial charge on any atom is -0.481 e. The summed E-state index contributed by atoms with van der Waals surface area (Å²) in [4.78, 5) is 36.8. The fraction of sp³-hybridized carbons (Fsp3) is 0.417. The number of amides is 1. The van der Waals surface area contributed by atoms with Gasteiger partial charge in [0, 0.05) is 30.5 Å². The normalized spacial score (nSPS) is 18.0. The summed E-state index contributed by atoms with van der Waals surface area (Å²) in [5.74, 6) is -0.118. The lowest BCUT2D eigenvalue weighted by Gasteiger charge is -2.36. The third kappa shape index (κ3) is 4.71. The van der Waals surface area contributed by atoms with Crippen LogP contribution in [0.5, 0.6) is 5.88 Å². The molecule has 34 heavy (non-hydrogen) atoms. The molecule has 1 saturated heterocycles. The van der Waals surface area contributed by atoms with Crippen LogP contribution >= 0.6 is 11.6 Å². The predicted molar refractivity (Wildman–Crippen MR) is 126 cm³/mol. The Labute approximate surface area is 202 Å². The van der Waals surface area contributed by atoms with E-state index in [4.69, 9.17) is 30.2 Å². The van der Waals surface area contributed by atoms with Crippen molar-refractivity contribution < 1.29 is 28.2 Å². The lowest BCUT2D eigenvalue weighted by atomic mass is 9.99. The van der Waals surface area contributed by atoms with E-state index in [0.717, 1.165) is 6.42 Å². The summed E-state index contributed by atoms with van der Waals surface area (Å²) in [5, 5.41) is 0.210. The number of hydrogen-bond donors (Lipinski definition) is 0. The summed E-state index contributed by atoms with van der Waals surface area (Å²) < 4.78 is 22.3. The molecule has 180 valence electrons. The number of rotatable bonds is 7. The van der Waals surface area contributed by atoms with Crippen molar-refractivity contribution in [2.24, 2.45) is 0 Å². The molecule has 0 N–H and O–H groups in total. The number of furan rings is 1. The van der Waals surface area contributed by atoms with Crippen molar-refractivity contribution in [2.45, 2.75) is 45.3 Å². The summed E-state index contributed by atoms with van der Waals surface area (Å²) in [7, 11) is 1.49. The average Bonchev–Trinajstić information content (AvgIpc) is 3.22. The molecule has 3 aromatic rings. The molecule has 0 saturated carbocycles. The van der Waals surface area contributed by atoms with E-state index >= 15 is 0 Å². The molecule has 1 aliphatic heterocycles. The highest BCUT2D eigenvalue weighted by Crippen LogP contribution is 2.38. The van der Waals surface area contributed by atoms with Crippen LogP contribution in [0.2, 0.25) is 5.15 Å². The van der Waals surface area contributed by atoms with E-state index in [1.165, 1.54) is 18.2 Å². The van der Waals surface area contributed by atoms with Crippen molar-refractivity contribution >= 4 is 40.3 Å². The van der Waals surface area contributed by atoms with Crippen LogP contribution in [0.15, 0.2) is 34.9 Å². The third-order valence-electron chi connectivity index (χ3n) is 5.76. The Morgan fingerprint density at radius 2 is 2.06 bits per heavy atom. The Hall–Kier alpha value is -3.17. The first-order chi connectivity index (χ1) is 16.5. The number of ketones is 1. The van der Waals surface area contributed by atoms with Crippen LogP contribution in [0.25, 0.3) is 11.1 Å². The number of aromatic nitrogens is 2. The minimum absolute atomic E-state index is 0.0182. The van der Waals surface area contributed by atoms with Crippen LogP contribution in [-0.2, 0) is 9.47 Å². The van der Waals surface area contributed by atoms with Crippen molar-refractivity contribution in [3.63, 3.8) is 0 Å². The molecule has 0 bridgehead atoms. The monoisotopic (exact) mass is 487 g/mol. The first-order valence-electron chi connectivity index (χ1n) is 11.2. The molecule has 10 heteroatoms. The molecule has 2 atom stereocenters. The first kappa shape index (κ1) is 24.0. The van der Waals surface area contributed by atoms with Crippen LogP contribution in [-0.4, -0.2) is 54.3 Å². The highest BCUT2D eigenvalue weighted by atomic mass is 35.5. The molecule has 4 rings (SSSR count). The van der Waals surface area contributed by atoms with Gasteiger partial charge in [-0.25, -0.2) is 14.8 Å². The predicted octanol–water partition coefficient (Wildman–Crippen LogP) is 5.04. The Bertz CT molecular complexity index is 1180. The number of pyridine rings is 2. The lowest BCUT2D eigenvalue weighted by molar-refractivity contribution is 0.00467. The number of hydrogen-bond acceptors (Lipinski definition) is 8. The Morgan fingerprint density at radius 3 is 2.74 bits per heavy atom. The highest BCUT2D eigenvalue weighted by molar-refractivity contribution is 6.30. The molecule has 9 nitrogen and oxygen atoms in total. The fourth-order valence-electron chi connectivity index (χ4n) is 4.08. The Kier molecular flexibility index (Phi) is 7.33. The van der Waals surface area contributed by atoms with Gasteiger partial charge in [0.05, 0.1) is 19.8 Å². The molecule has 0 aromatic carbocycles. The average molecular weight is 488 g/mol. The Balaban J connectivity index is 1.88. The summed E-state index contributed by atoms with van der Waals surface area (Å²) >= 11 is 6.19. The quantitative estimate of drug-likeness (QED) is 0.337. The third-order valence-corrected chi connectivity index (χ3v) is 5.97. The van der Waals surface area contributed by atoms with E-state index in [2.05, 4.69) is 9.97 Å². The van der Waals surface area contributed by atoms with E-state index in [1.807, 2.05) is 6.92 Å². The van der Waals surface area contributed by atoms with Gasteiger partial charge in [0.1, 0.15) is 16.4 Å². The number of fused-ring (bicyclic) bond motifs is 1. The zero-order valence-electron chi connectivity index (χ0n) is 19.2. The zero-order valence-corrected chi connectivity index (χ0v) is 20.0. The molecule has 0 aliphatic carbocycles. The summed E-state index contributed by atoms with van der Waals surface area (Å²) in [5.41, 5.74) is 1.15. The van der Waals surface area contributed by atoms with Crippen LogP contribution in [0.4, 0.5) is 10.5 Å². The second-order valence-corrected chi connectivity index (χ2v) is 8.21. The van der Waals surface area contributed by atoms with E-state index in [1.54, 1.807) is 31.2 Å². The van der Waals surface area contributed by atoms with Crippen molar-refractivity contribution in [1.29, 1.82) is 0 Å². The maximum absolute atomic E-state index is 13.6. The zero-order chi connectivity index (χ0) is 24.2. The van der Waals surface area contributed by atoms with Gasteiger partial charge in [-0.05, 0) is 44.4 Å². The second-order valence-electron chi connectivity index (χ2n) is 7.83.